The molecule has 0 aliphatic heterocycles. The molecule has 30 heavy (non-hydrogen) atoms. The number of anilines is 1. The van der Waals surface area contributed by atoms with Gasteiger partial charge < -0.3 is 10.6 Å². The van der Waals surface area contributed by atoms with E-state index in [1.54, 1.807) is 12.2 Å². The van der Waals surface area contributed by atoms with Crippen LogP contribution in [0.15, 0.2) is 60.7 Å². The van der Waals surface area contributed by atoms with Crippen molar-refractivity contribution in [3.05, 3.63) is 71.8 Å². The summed E-state index contributed by atoms with van der Waals surface area (Å²) in [6, 6.07) is 17.9. The quantitative estimate of drug-likeness (QED) is 0.403. The average molecular weight is 408 g/mol. The Morgan fingerprint density at radius 3 is 2.37 bits per heavy atom. The van der Waals surface area contributed by atoms with Crippen molar-refractivity contribution in [3.63, 3.8) is 0 Å². The van der Waals surface area contributed by atoms with Gasteiger partial charge in [0.1, 0.15) is 0 Å². The van der Waals surface area contributed by atoms with Gasteiger partial charge in [-0.05, 0) is 55.3 Å². The summed E-state index contributed by atoms with van der Waals surface area (Å²) in [6.45, 7) is 7.47. The fourth-order valence-corrected chi connectivity index (χ4v) is 3.15. The normalized spacial score (nSPS) is 11.0. The Morgan fingerprint density at radius 2 is 1.70 bits per heavy atom. The van der Waals surface area contributed by atoms with Gasteiger partial charge in [-0.1, -0.05) is 55.8 Å². The first-order valence-electron chi connectivity index (χ1n) is 10.7. The van der Waals surface area contributed by atoms with Crippen molar-refractivity contribution in [2.75, 3.05) is 25.0 Å². The van der Waals surface area contributed by atoms with Gasteiger partial charge in [-0.3, -0.25) is 14.5 Å². The number of unbranched alkanes of at least 4 members (excludes halogenated alkanes) is 2. The van der Waals surface area contributed by atoms with Crippen LogP contribution in [-0.4, -0.2) is 36.3 Å². The van der Waals surface area contributed by atoms with E-state index in [0.717, 1.165) is 50.1 Å². The molecule has 0 atom stereocenters. The number of carbonyl (C=O) groups is 2. The molecule has 2 aromatic rings. The van der Waals surface area contributed by atoms with Gasteiger partial charge in [0.2, 0.25) is 11.8 Å². The molecule has 0 fully saturated rings. The minimum atomic E-state index is -0.101. The van der Waals surface area contributed by atoms with Crippen molar-refractivity contribution in [1.82, 2.24) is 10.2 Å². The third kappa shape index (κ3) is 9.52. The van der Waals surface area contributed by atoms with E-state index in [4.69, 9.17) is 0 Å². The fourth-order valence-electron chi connectivity index (χ4n) is 3.15. The third-order valence-corrected chi connectivity index (χ3v) is 4.80. The first kappa shape index (κ1) is 23.4. The average Bonchev–Trinajstić information content (AvgIpc) is 2.75. The molecule has 0 aliphatic carbocycles. The van der Waals surface area contributed by atoms with Crippen LogP contribution in [0.3, 0.4) is 0 Å². The molecule has 0 saturated heterocycles. The number of hydrogen-bond acceptors (Lipinski definition) is 3. The second-order valence-electron chi connectivity index (χ2n) is 7.34. The Bertz CT molecular complexity index is 801. The predicted octanol–water partition coefficient (Wildman–Crippen LogP) is 4.47. The van der Waals surface area contributed by atoms with Crippen molar-refractivity contribution in [1.29, 1.82) is 0 Å². The minimum absolute atomic E-state index is 0.0831. The van der Waals surface area contributed by atoms with Gasteiger partial charge in [-0.25, -0.2) is 0 Å². The number of benzene rings is 2. The lowest BCUT2D eigenvalue weighted by Gasteiger charge is -2.20. The molecule has 5 nitrogen and oxygen atoms in total. The number of amides is 2. The van der Waals surface area contributed by atoms with Gasteiger partial charge in [-0.2, -0.15) is 0 Å². The number of nitrogens with one attached hydrogen (secondary N) is 2. The van der Waals surface area contributed by atoms with Gasteiger partial charge in [0.25, 0.3) is 0 Å². The van der Waals surface area contributed by atoms with E-state index in [9.17, 15) is 9.59 Å². The van der Waals surface area contributed by atoms with Crippen LogP contribution in [0.1, 0.15) is 44.2 Å². The smallest absolute Gasteiger partial charge is 0.243 e. The van der Waals surface area contributed by atoms with E-state index in [1.807, 2.05) is 30.3 Å². The van der Waals surface area contributed by atoms with Gasteiger partial charge >= 0.3 is 0 Å². The topological polar surface area (TPSA) is 61.4 Å². The first-order chi connectivity index (χ1) is 14.6. The molecule has 2 amide bonds. The fraction of sp³-hybridized carbons (Fsp3) is 0.360. The van der Waals surface area contributed by atoms with Gasteiger partial charge in [0.05, 0.1) is 0 Å². The van der Waals surface area contributed by atoms with Crippen LogP contribution in [0.5, 0.6) is 0 Å². The minimum Gasteiger partial charge on any atom is -0.353 e. The molecule has 2 N–H and O–H groups in total. The summed E-state index contributed by atoms with van der Waals surface area (Å²) >= 11 is 0. The lowest BCUT2D eigenvalue weighted by molar-refractivity contribution is -0.116. The Hall–Kier alpha value is -2.92. The van der Waals surface area contributed by atoms with Crippen molar-refractivity contribution in [2.45, 2.75) is 39.7 Å². The highest BCUT2D eigenvalue weighted by molar-refractivity contribution is 5.92. The molecule has 0 heterocycles. The van der Waals surface area contributed by atoms with Crippen molar-refractivity contribution >= 4 is 23.6 Å². The van der Waals surface area contributed by atoms with E-state index in [2.05, 4.69) is 46.7 Å². The number of hydrogen-bond donors (Lipinski definition) is 2. The summed E-state index contributed by atoms with van der Waals surface area (Å²) in [7, 11) is 0. The molecule has 0 bridgehead atoms. The highest BCUT2D eigenvalue weighted by Crippen LogP contribution is 2.10. The van der Waals surface area contributed by atoms with Crippen molar-refractivity contribution < 1.29 is 9.59 Å². The highest BCUT2D eigenvalue weighted by Gasteiger charge is 2.03. The van der Waals surface area contributed by atoms with Crippen molar-refractivity contribution in [2.24, 2.45) is 0 Å². The van der Waals surface area contributed by atoms with Crippen LogP contribution < -0.4 is 10.6 Å². The van der Waals surface area contributed by atoms with Crippen molar-refractivity contribution in [3.8, 4) is 0 Å². The van der Waals surface area contributed by atoms with Crippen LogP contribution in [0.25, 0.3) is 6.08 Å². The second-order valence-corrected chi connectivity index (χ2v) is 7.34. The maximum atomic E-state index is 12.0. The molecule has 0 spiro atoms. The SMILES string of the molecule is CCN(CCCCCNC(=O)/C=C/c1ccc(NC(C)=O)cc1)Cc1ccccc1. The van der Waals surface area contributed by atoms with E-state index >= 15 is 0 Å². The van der Waals surface area contributed by atoms with Crippen LogP contribution in [0.2, 0.25) is 0 Å². The lowest BCUT2D eigenvalue weighted by atomic mass is 10.2. The molecule has 0 aliphatic rings. The maximum Gasteiger partial charge on any atom is 0.243 e. The zero-order valence-corrected chi connectivity index (χ0v) is 18.1. The Kier molecular flexibility index (Phi) is 10.4. The Morgan fingerprint density at radius 1 is 0.967 bits per heavy atom. The Labute approximate surface area is 180 Å². The third-order valence-electron chi connectivity index (χ3n) is 4.80. The zero-order valence-electron chi connectivity index (χ0n) is 18.1. The highest BCUT2D eigenvalue weighted by atomic mass is 16.2. The summed E-state index contributed by atoms with van der Waals surface area (Å²) in [5, 5.41) is 5.65. The van der Waals surface area contributed by atoms with Crippen LogP contribution >= 0.6 is 0 Å². The molecule has 0 aromatic heterocycles. The number of rotatable bonds is 12. The number of carbonyl (C=O) groups excluding carboxylic acids is 2. The predicted molar refractivity (Wildman–Crippen MR) is 124 cm³/mol. The van der Waals surface area contributed by atoms with E-state index in [0.29, 0.717) is 6.54 Å². The molecule has 0 radical (unpaired) electrons. The monoisotopic (exact) mass is 407 g/mol. The molecule has 160 valence electrons. The summed E-state index contributed by atoms with van der Waals surface area (Å²) < 4.78 is 0. The van der Waals surface area contributed by atoms with Crippen LogP contribution in [0, 0.1) is 0 Å². The Balaban J connectivity index is 1.59. The molecule has 2 rings (SSSR count). The molecule has 0 unspecified atom stereocenters. The van der Waals surface area contributed by atoms with Gasteiger partial charge in [0.15, 0.2) is 0 Å². The van der Waals surface area contributed by atoms with Gasteiger partial charge in [-0.15, -0.1) is 0 Å². The van der Waals surface area contributed by atoms with Crippen LogP contribution in [0.4, 0.5) is 5.69 Å². The summed E-state index contributed by atoms with van der Waals surface area (Å²) in [4.78, 5) is 25.4. The molecular formula is C25H33N3O2. The maximum absolute atomic E-state index is 12.0. The molecule has 5 heteroatoms. The molecule has 2 aromatic carbocycles. The van der Waals surface area contributed by atoms with Crippen LogP contribution in [-0.2, 0) is 16.1 Å². The molecule has 0 saturated carbocycles. The summed E-state index contributed by atoms with van der Waals surface area (Å²) in [5.74, 6) is -0.184. The van der Waals surface area contributed by atoms with E-state index in [1.165, 1.54) is 12.5 Å². The molecular weight excluding hydrogens is 374 g/mol. The largest absolute Gasteiger partial charge is 0.353 e. The number of nitrogens with zero attached hydrogens (tertiary/aromatic N) is 1. The van der Waals surface area contributed by atoms with E-state index < -0.39 is 0 Å². The standard InChI is InChI=1S/C25H33N3O2/c1-3-28(20-23-10-6-4-7-11-23)19-9-5-8-18-26-25(30)17-14-22-12-15-24(16-13-22)27-21(2)29/h4,6-7,10-17H,3,5,8-9,18-20H2,1-2H3,(H,26,30)(H,27,29)/b17-14+. The summed E-state index contributed by atoms with van der Waals surface area (Å²) in [5.41, 5.74) is 3.01. The second kappa shape index (κ2) is 13.3. The zero-order chi connectivity index (χ0) is 21.6. The summed E-state index contributed by atoms with van der Waals surface area (Å²) in [6.07, 6.45) is 6.53. The van der Waals surface area contributed by atoms with Gasteiger partial charge in [0, 0.05) is 31.8 Å². The van der Waals surface area contributed by atoms with E-state index in [-0.39, 0.29) is 11.8 Å². The lowest BCUT2D eigenvalue weighted by Crippen LogP contribution is -2.25. The first-order valence-corrected chi connectivity index (χ1v) is 10.7.